The number of hydrogen-bond donors (Lipinski definition) is 1. The normalized spacial score (nSPS) is 15.3. The lowest BCUT2D eigenvalue weighted by atomic mass is 9.98. The van der Waals surface area contributed by atoms with Crippen LogP contribution in [0, 0.1) is 12.8 Å². The summed E-state index contributed by atoms with van der Waals surface area (Å²) < 4.78 is 32.6. The number of ether oxygens (including phenoxy) is 1. The molecule has 9 heteroatoms. The Bertz CT molecular complexity index is 1100. The number of sulfonamides is 1. The zero-order chi connectivity index (χ0) is 23.3. The highest BCUT2D eigenvalue weighted by Gasteiger charge is 2.33. The Hall–Kier alpha value is -2.42. The maximum atomic E-state index is 13.1. The average Bonchev–Trinajstić information content (AvgIpc) is 2.79. The molecule has 0 aliphatic carbocycles. The summed E-state index contributed by atoms with van der Waals surface area (Å²) in [6.45, 7) is 4.44. The number of halogens is 1. The van der Waals surface area contributed by atoms with E-state index in [1.165, 1.54) is 16.4 Å². The number of carbonyl (C=O) groups is 2. The second kappa shape index (κ2) is 10.5. The molecular formula is C23H27ClN2O5S. The molecule has 0 spiro atoms. The molecule has 1 aliphatic heterocycles. The van der Waals surface area contributed by atoms with Gasteiger partial charge in [-0.15, -0.1) is 0 Å². The summed E-state index contributed by atoms with van der Waals surface area (Å²) in [5.74, 6) is -0.794. The van der Waals surface area contributed by atoms with Crippen LogP contribution in [0.15, 0.2) is 47.4 Å². The van der Waals surface area contributed by atoms with Crippen molar-refractivity contribution in [3.05, 3.63) is 58.6 Å². The molecule has 0 radical (unpaired) electrons. The summed E-state index contributed by atoms with van der Waals surface area (Å²) in [5.41, 5.74) is 2.00. The fourth-order valence-electron chi connectivity index (χ4n) is 3.63. The number of aryl methyl sites for hydroxylation is 1. The van der Waals surface area contributed by atoms with Crippen molar-refractivity contribution in [3.8, 4) is 0 Å². The predicted octanol–water partition coefficient (Wildman–Crippen LogP) is 3.91. The molecule has 0 bridgehead atoms. The van der Waals surface area contributed by atoms with Crippen molar-refractivity contribution in [2.75, 3.05) is 31.6 Å². The first-order valence-corrected chi connectivity index (χ1v) is 12.3. The Labute approximate surface area is 193 Å². The number of carbonyl (C=O) groups excluding carboxylic acids is 2. The zero-order valence-electron chi connectivity index (χ0n) is 18.1. The number of benzene rings is 2. The number of nitrogens with one attached hydrogen (secondary N) is 1. The summed E-state index contributed by atoms with van der Waals surface area (Å²) in [6, 6.07) is 11.4. The van der Waals surface area contributed by atoms with E-state index in [9.17, 15) is 18.0 Å². The molecule has 0 atom stereocenters. The topological polar surface area (TPSA) is 92.8 Å². The SMILES string of the molecule is CCOC(=O)C1CCN(S(=O)(=O)c2cccc(C(=O)CNc3cc(Cl)ccc3C)c2)CC1. The fraction of sp³-hybridized carbons (Fsp3) is 0.391. The van der Waals surface area contributed by atoms with Crippen LogP contribution < -0.4 is 5.32 Å². The zero-order valence-corrected chi connectivity index (χ0v) is 19.7. The van der Waals surface area contributed by atoms with E-state index in [0.717, 1.165) is 11.3 Å². The quantitative estimate of drug-likeness (QED) is 0.456. The predicted molar refractivity (Wildman–Crippen MR) is 124 cm³/mol. The number of nitrogens with zero attached hydrogens (tertiary/aromatic N) is 1. The minimum Gasteiger partial charge on any atom is -0.466 e. The lowest BCUT2D eigenvalue weighted by molar-refractivity contribution is -0.149. The number of ketones is 1. The summed E-state index contributed by atoms with van der Waals surface area (Å²) in [6.07, 6.45) is 0.833. The smallest absolute Gasteiger partial charge is 0.309 e. The van der Waals surface area contributed by atoms with E-state index in [4.69, 9.17) is 16.3 Å². The second-order valence-corrected chi connectivity index (χ2v) is 10.1. The Balaban J connectivity index is 1.67. The first kappa shape index (κ1) is 24.2. The van der Waals surface area contributed by atoms with E-state index in [1.54, 1.807) is 31.2 Å². The molecule has 0 amide bonds. The Morgan fingerprint density at radius 3 is 2.56 bits per heavy atom. The van der Waals surface area contributed by atoms with Gasteiger partial charge in [-0.2, -0.15) is 4.31 Å². The molecule has 7 nitrogen and oxygen atoms in total. The van der Waals surface area contributed by atoms with Crippen LogP contribution in [-0.4, -0.2) is 50.7 Å². The van der Waals surface area contributed by atoms with Crippen LogP contribution in [0.4, 0.5) is 5.69 Å². The third kappa shape index (κ3) is 5.68. The molecule has 1 saturated heterocycles. The number of esters is 1. The third-order valence-corrected chi connectivity index (χ3v) is 7.64. The van der Waals surface area contributed by atoms with Gasteiger partial charge in [0.1, 0.15) is 0 Å². The Morgan fingerprint density at radius 2 is 1.88 bits per heavy atom. The molecule has 172 valence electrons. The molecule has 1 fully saturated rings. The molecular weight excluding hydrogens is 452 g/mol. The van der Waals surface area contributed by atoms with Gasteiger partial charge in [0.25, 0.3) is 0 Å². The van der Waals surface area contributed by atoms with Gasteiger partial charge in [0.2, 0.25) is 10.0 Å². The van der Waals surface area contributed by atoms with Crippen molar-refractivity contribution in [2.24, 2.45) is 5.92 Å². The van der Waals surface area contributed by atoms with Gasteiger partial charge >= 0.3 is 5.97 Å². The standard InChI is InChI=1S/C23H27ClN2O5S/c1-3-31-23(28)17-9-11-26(12-10-17)32(29,30)20-6-4-5-18(13-20)22(27)15-25-21-14-19(24)8-7-16(21)2/h4-8,13-14,17,25H,3,9-12,15H2,1-2H3. The molecule has 32 heavy (non-hydrogen) atoms. The van der Waals surface area contributed by atoms with Gasteiger partial charge in [-0.25, -0.2) is 8.42 Å². The molecule has 3 rings (SSSR count). The van der Waals surface area contributed by atoms with E-state index in [0.29, 0.717) is 30.0 Å². The van der Waals surface area contributed by atoms with E-state index < -0.39 is 10.0 Å². The van der Waals surface area contributed by atoms with Crippen molar-refractivity contribution in [3.63, 3.8) is 0 Å². The molecule has 2 aromatic carbocycles. The van der Waals surface area contributed by atoms with Gasteiger partial charge in [-0.05, 0) is 56.5 Å². The minimum atomic E-state index is -3.77. The summed E-state index contributed by atoms with van der Waals surface area (Å²) in [4.78, 5) is 24.7. The highest BCUT2D eigenvalue weighted by Crippen LogP contribution is 2.25. The lowest BCUT2D eigenvalue weighted by Crippen LogP contribution is -2.40. The first-order chi connectivity index (χ1) is 15.2. The Morgan fingerprint density at radius 1 is 1.16 bits per heavy atom. The average molecular weight is 479 g/mol. The van der Waals surface area contributed by atoms with Gasteiger partial charge in [0.15, 0.2) is 5.78 Å². The lowest BCUT2D eigenvalue weighted by Gasteiger charge is -2.30. The fourth-order valence-corrected chi connectivity index (χ4v) is 5.32. The highest BCUT2D eigenvalue weighted by molar-refractivity contribution is 7.89. The number of piperidine rings is 1. The van der Waals surface area contributed by atoms with Crippen molar-refractivity contribution in [2.45, 2.75) is 31.6 Å². The summed E-state index contributed by atoms with van der Waals surface area (Å²) in [5, 5.41) is 3.62. The number of anilines is 1. The van der Waals surface area contributed by atoms with Crippen LogP contribution in [0.2, 0.25) is 5.02 Å². The first-order valence-electron chi connectivity index (χ1n) is 10.5. The molecule has 1 N–H and O–H groups in total. The highest BCUT2D eigenvalue weighted by atomic mass is 35.5. The molecule has 1 heterocycles. The number of hydrogen-bond acceptors (Lipinski definition) is 6. The number of Topliss-reactive ketones (excluding diaryl/α,β-unsaturated/α-hetero) is 1. The number of rotatable bonds is 8. The van der Waals surface area contributed by atoms with E-state index in [-0.39, 0.29) is 42.2 Å². The van der Waals surface area contributed by atoms with Gasteiger partial charge in [0.05, 0.1) is 24.0 Å². The monoisotopic (exact) mass is 478 g/mol. The maximum Gasteiger partial charge on any atom is 0.309 e. The van der Waals surface area contributed by atoms with Crippen molar-refractivity contribution in [1.29, 1.82) is 0 Å². The summed E-state index contributed by atoms with van der Waals surface area (Å²) in [7, 11) is -3.77. The van der Waals surface area contributed by atoms with Crippen molar-refractivity contribution >= 4 is 39.1 Å². The minimum absolute atomic E-state index is 0.00954. The Kier molecular flexibility index (Phi) is 7.92. The summed E-state index contributed by atoms with van der Waals surface area (Å²) >= 11 is 6.01. The van der Waals surface area contributed by atoms with Gasteiger partial charge in [-0.1, -0.05) is 29.8 Å². The van der Waals surface area contributed by atoms with Gasteiger partial charge < -0.3 is 10.1 Å². The van der Waals surface area contributed by atoms with Gasteiger partial charge in [-0.3, -0.25) is 9.59 Å². The van der Waals surface area contributed by atoms with E-state index in [2.05, 4.69) is 5.32 Å². The molecule has 2 aromatic rings. The maximum absolute atomic E-state index is 13.1. The molecule has 1 aliphatic rings. The second-order valence-electron chi connectivity index (χ2n) is 7.69. The van der Waals surface area contributed by atoms with Crippen LogP contribution in [-0.2, 0) is 19.6 Å². The molecule has 0 aromatic heterocycles. The largest absolute Gasteiger partial charge is 0.466 e. The third-order valence-electron chi connectivity index (χ3n) is 5.51. The van der Waals surface area contributed by atoms with E-state index >= 15 is 0 Å². The van der Waals surface area contributed by atoms with Crippen LogP contribution in [0.25, 0.3) is 0 Å². The molecule has 0 unspecified atom stereocenters. The van der Waals surface area contributed by atoms with Crippen LogP contribution in [0.1, 0.15) is 35.7 Å². The van der Waals surface area contributed by atoms with E-state index in [1.807, 2.05) is 13.0 Å². The van der Waals surface area contributed by atoms with Crippen LogP contribution >= 0.6 is 11.6 Å². The molecule has 0 saturated carbocycles. The van der Waals surface area contributed by atoms with Crippen molar-refractivity contribution < 1.29 is 22.7 Å². The van der Waals surface area contributed by atoms with Crippen molar-refractivity contribution in [1.82, 2.24) is 4.31 Å². The van der Waals surface area contributed by atoms with Gasteiger partial charge in [0, 0.05) is 29.4 Å². The van der Waals surface area contributed by atoms with Crippen LogP contribution in [0.5, 0.6) is 0 Å². The van der Waals surface area contributed by atoms with Crippen LogP contribution in [0.3, 0.4) is 0 Å².